The van der Waals surface area contributed by atoms with E-state index >= 15 is 0 Å². The number of rotatable bonds is 6. The smallest absolute Gasteiger partial charge is 0.135 e. The topological polar surface area (TPSA) is 34.2 Å². The van der Waals surface area contributed by atoms with Crippen LogP contribution in [0.5, 0.6) is 17.2 Å². The number of benzene rings is 2. The Hall–Kier alpha value is -2.34. The number of methoxy groups -OCH3 is 3. The molecule has 6 heteroatoms. The maximum atomic E-state index is 5.50. The molecule has 1 heterocycles. The van der Waals surface area contributed by atoms with Crippen LogP contribution in [0, 0.1) is 0 Å². The third kappa shape index (κ3) is 4.55. The van der Waals surface area contributed by atoms with Crippen LogP contribution in [-0.4, -0.2) is 52.4 Å². The van der Waals surface area contributed by atoms with Gasteiger partial charge in [0.15, 0.2) is 0 Å². The van der Waals surface area contributed by atoms with Gasteiger partial charge in [-0.05, 0) is 59.3 Å². The van der Waals surface area contributed by atoms with E-state index in [1.807, 2.05) is 24.3 Å². The Balaban J connectivity index is 1.70. The molecule has 28 heavy (non-hydrogen) atoms. The molecule has 150 valence electrons. The zero-order valence-corrected chi connectivity index (χ0v) is 18.5. The summed E-state index contributed by atoms with van der Waals surface area (Å²) in [5.74, 6) is 2.54. The Morgan fingerprint density at radius 1 is 0.893 bits per heavy atom. The Morgan fingerprint density at radius 2 is 1.61 bits per heavy atom. The number of hydrogen-bond donors (Lipinski definition) is 0. The first-order valence-electron chi connectivity index (χ1n) is 9.29. The summed E-state index contributed by atoms with van der Waals surface area (Å²) in [5, 5.41) is 0. The van der Waals surface area contributed by atoms with Crippen LogP contribution in [0.1, 0.15) is 12.5 Å². The molecule has 0 bridgehead atoms. The first-order valence-corrected chi connectivity index (χ1v) is 10.1. The molecule has 0 aliphatic carbocycles. The van der Waals surface area contributed by atoms with Gasteiger partial charge in [0.25, 0.3) is 0 Å². The average molecular weight is 447 g/mol. The molecule has 0 atom stereocenters. The quantitative estimate of drug-likeness (QED) is 0.644. The van der Waals surface area contributed by atoms with Gasteiger partial charge in [0.1, 0.15) is 17.2 Å². The van der Waals surface area contributed by atoms with Gasteiger partial charge in [-0.1, -0.05) is 0 Å². The first-order chi connectivity index (χ1) is 13.5. The molecule has 2 aromatic rings. The molecule has 1 saturated heterocycles. The molecule has 0 saturated carbocycles. The van der Waals surface area contributed by atoms with E-state index in [1.165, 1.54) is 11.4 Å². The summed E-state index contributed by atoms with van der Waals surface area (Å²) >= 11 is 3.52. The monoisotopic (exact) mass is 446 g/mol. The third-order valence-electron chi connectivity index (χ3n) is 5.08. The molecular weight excluding hydrogens is 420 g/mol. The molecule has 2 aromatic carbocycles. The summed E-state index contributed by atoms with van der Waals surface area (Å²) in [5.41, 5.74) is 3.44. The van der Waals surface area contributed by atoms with Crippen LogP contribution >= 0.6 is 15.9 Å². The minimum atomic E-state index is 0.828. The van der Waals surface area contributed by atoms with Crippen LogP contribution in [-0.2, 0) is 0 Å². The predicted molar refractivity (Wildman–Crippen MR) is 118 cm³/mol. The predicted octanol–water partition coefficient (Wildman–Crippen LogP) is 4.66. The molecular formula is C22H27BrN2O3. The lowest BCUT2D eigenvalue weighted by Gasteiger charge is -2.38. The molecule has 1 aliphatic rings. The van der Waals surface area contributed by atoms with Crippen molar-refractivity contribution in [2.75, 3.05) is 52.4 Å². The lowest BCUT2D eigenvalue weighted by Crippen LogP contribution is -2.45. The molecule has 0 spiro atoms. The fourth-order valence-electron chi connectivity index (χ4n) is 3.43. The number of hydrogen-bond acceptors (Lipinski definition) is 5. The maximum Gasteiger partial charge on any atom is 0.135 e. The number of allylic oxidation sites excluding steroid dienone is 1. The lowest BCUT2D eigenvalue weighted by molar-refractivity contribution is 0.324. The molecule has 0 unspecified atom stereocenters. The zero-order valence-electron chi connectivity index (χ0n) is 16.9. The van der Waals surface area contributed by atoms with Gasteiger partial charge in [0.05, 0.1) is 25.8 Å². The van der Waals surface area contributed by atoms with Gasteiger partial charge in [-0.15, -0.1) is 0 Å². The molecule has 0 radical (unpaired) electrons. The standard InChI is InChI=1S/C22H27BrN2O3/c1-16(13-17-14-19(26-2)6-8-21(17)27-3)24-9-11-25(12-10-24)18-5-7-20(23)22(15-18)28-4/h5-8,13-15H,9-12H2,1-4H3. The molecule has 1 fully saturated rings. The van der Waals surface area contributed by atoms with Gasteiger partial charge in [-0.3, -0.25) is 0 Å². The summed E-state index contributed by atoms with van der Waals surface area (Å²) in [6.07, 6.45) is 2.17. The van der Waals surface area contributed by atoms with E-state index in [0.29, 0.717) is 0 Å². The number of nitrogens with zero attached hydrogens (tertiary/aromatic N) is 2. The van der Waals surface area contributed by atoms with E-state index in [1.54, 1.807) is 21.3 Å². The summed E-state index contributed by atoms with van der Waals surface area (Å²) in [7, 11) is 5.07. The lowest BCUT2D eigenvalue weighted by atomic mass is 10.1. The van der Waals surface area contributed by atoms with E-state index in [0.717, 1.165) is 53.5 Å². The largest absolute Gasteiger partial charge is 0.497 e. The van der Waals surface area contributed by atoms with Crippen molar-refractivity contribution in [3.63, 3.8) is 0 Å². The summed E-state index contributed by atoms with van der Waals surface area (Å²) in [6.45, 7) is 6.01. The number of halogens is 1. The minimum Gasteiger partial charge on any atom is -0.497 e. The Kier molecular flexibility index (Phi) is 6.73. The Bertz CT molecular complexity index is 846. The van der Waals surface area contributed by atoms with E-state index in [4.69, 9.17) is 14.2 Å². The highest BCUT2D eigenvalue weighted by molar-refractivity contribution is 9.10. The van der Waals surface area contributed by atoms with Gasteiger partial charge >= 0.3 is 0 Å². The van der Waals surface area contributed by atoms with Crippen LogP contribution in [0.4, 0.5) is 5.69 Å². The van der Waals surface area contributed by atoms with Crippen molar-refractivity contribution in [3.05, 3.63) is 52.1 Å². The minimum absolute atomic E-state index is 0.828. The second kappa shape index (κ2) is 9.24. The molecule has 1 aliphatic heterocycles. The highest BCUT2D eigenvalue weighted by atomic mass is 79.9. The first kappa shape index (κ1) is 20.4. The Morgan fingerprint density at radius 3 is 2.25 bits per heavy atom. The van der Waals surface area contributed by atoms with Crippen LogP contribution in [0.25, 0.3) is 6.08 Å². The second-order valence-corrected chi connectivity index (χ2v) is 7.54. The summed E-state index contributed by atoms with van der Waals surface area (Å²) in [6, 6.07) is 12.1. The van der Waals surface area contributed by atoms with Gasteiger partial charge in [-0.25, -0.2) is 0 Å². The van der Waals surface area contributed by atoms with Gasteiger partial charge in [0, 0.05) is 49.2 Å². The van der Waals surface area contributed by atoms with E-state index < -0.39 is 0 Å². The summed E-state index contributed by atoms with van der Waals surface area (Å²) in [4.78, 5) is 4.80. The van der Waals surface area contributed by atoms with Crippen molar-refractivity contribution in [2.45, 2.75) is 6.92 Å². The van der Waals surface area contributed by atoms with Crippen molar-refractivity contribution in [1.82, 2.24) is 4.90 Å². The van der Waals surface area contributed by atoms with Crippen molar-refractivity contribution in [2.24, 2.45) is 0 Å². The zero-order chi connectivity index (χ0) is 20.1. The van der Waals surface area contributed by atoms with E-state index in [9.17, 15) is 0 Å². The van der Waals surface area contributed by atoms with Gasteiger partial charge in [-0.2, -0.15) is 0 Å². The van der Waals surface area contributed by atoms with E-state index in [2.05, 4.69) is 50.9 Å². The molecule has 5 nitrogen and oxygen atoms in total. The SMILES string of the molecule is COc1ccc(OC)c(C=C(C)N2CCN(c3ccc(Br)c(OC)c3)CC2)c1. The molecule has 0 amide bonds. The number of ether oxygens (including phenoxy) is 3. The summed E-state index contributed by atoms with van der Waals surface area (Å²) < 4.78 is 17.3. The van der Waals surface area contributed by atoms with Crippen molar-refractivity contribution < 1.29 is 14.2 Å². The van der Waals surface area contributed by atoms with Crippen molar-refractivity contribution in [3.8, 4) is 17.2 Å². The van der Waals surface area contributed by atoms with Crippen LogP contribution in [0.3, 0.4) is 0 Å². The molecule has 3 rings (SSSR count). The normalized spacial score (nSPS) is 14.8. The highest BCUT2D eigenvalue weighted by Gasteiger charge is 2.18. The number of anilines is 1. The average Bonchev–Trinajstić information content (AvgIpc) is 2.74. The van der Waals surface area contributed by atoms with Gasteiger partial charge in [0.2, 0.25) is 0 Å². The van der Waals surface area contributed by atoms with Crippen molar-refractivity contribution >= 4 is 27.7 Å². The maximum absolute atomic E-state index is 5.50. The second-order valence-electron chi connectivity index (χ2n) is 6.69. The Labute approximate surface area is 175 Å². The van der Waals surface area contributed by atoms with E-state index in [-0.39, 0.29) is 0 Å². The van der Waals surface area contributed by atoms with Crippen LogP contribution in [0.2, 0.25) is 0 Å². The fourth-order valence-corrected chi connectivity index (χ4v) is 3.84. The van der Waals surface area contributed by atoms with Crippen LogP contribution < -0.4 is 19.1 Å². The number of piperazine rings is 1. The molecule has 0 N–H and O–H groups in total. The third-order valence-corrected chi connectivity index (χ3v) is 5.73. The van der Waals surface area contributed by atoms with Crippen LogP contribution in [0.15, 0.2) is 46.6 Å². The van der Waals surface area contributed by atoms with Crippen molar-refractivity contribution in [1.29, 1.82) is 0 Å². The fraction of sp³-hybridized carbons (Fsp3) is 0.364. The van der Waals surface area contributed by atoms with Gasteiger partial charge < -0.3 is 24.0 Å². The highest BCUT2D eigenvalue weighted by Crippen LogP contribution is 2.31. The molecule has 0 aromatic heterocycles.